The number of aliphatic hydroxyl groups is 1. The van der Waals surface area contributed by atoms with E-state index in [1.807, 2.05) is 0 Å². The third-order valence-corrected chi connectivity index (χ3v) is 4.63. The number of hydrogen-bond donors (Lipinski definition) is 2. The van der Waals surface area contributed by atoms with Gasteiger partial charge in [-0.3, -0.25) is 0 Å². The van der Waals surface area contributed by atoms with Crippen LogP contribution in [0.3, 0.4) is 0 Å². The van der Waals surface area contributed by atoms with Crippen LogP contribution >= 0.6 is 0 Å². The van der Waals surface area contributed by atoms with Crippen molar-refractivity contribution in [3.63, 3.8) is 0 Å². The first-order chi connectivity index (χ1) is 7.82. The van der Waals surface area contributed by atoms with Crippen molar-refractivity contribution >= 4 is 15.7 Å². The van der Waals surface area contributed by atoms with Crippen LogP contribution in [0.25, 0.3) is 0 Å². The van der Waals surface area contributed by atoms with Gasteiger partial charge < -0.3 is 10.8 Å². The van der Waals surface area contributed by atoms with Crippen molar-refractivity contribution in [3.05, 3.63) is 23.5 Å². The topological polar surface area (TPSA) is 83.6 Å². The van der Waals surface area contributed by atoms with Crippen LogP contribution in [0, 0.1) is 12.7 Å². The van der Waals surface area contributed by atoms with Crippen LogP contribution in [-0.2, 0) is 10.0 Å². The number of β-amino-alcohol motifs (C(OH)–C–C–N with tert-alkyl or cyclic N) is 1. The summed E-state index contributed by atoms with van der Waals surface area (Å²) in [5.41, 5.74) is 5.86. The van der Waals surface area contributed by atoms with E-state index in [4.69, 9.17) is 10.8 Å². The summed E-state index contributed by atoms with van der Waals surface area (Å²) in [6, 6.07) is 2.18. The maximum atomic E-state index is 13.4. The standard InChI is InChI=1S/C10H13FN2O3S/c1-6-9(11)2-8(3-10(6)12)17(15,16)13-4-7(14)5-13/h2-3,7,14H,4-5,12H2,1H3. The first-order valence-electron chi connectivity index (χ1n) is 5.06. The van der Waals surface area contributed by atoms with Crippen molar-refractivity contribution < 1.29 is 17.9 Å². The number of benzene rings is 1. The fraction of sp³-hybridized carbons (Fsp3) is 0.400. The summed E-state index contributed by atoms with van der Waals surface area (Å²) in [6.45, 7) is 1.56. The lowest BCUT2D eigenvalue weighted by atomic mass is 10.2. The highest BCUT2D eigenvalue weighted by atomic mass is 32.2. The Morgan fingerprint density at radius 2 is 2.06 bits per heavy atom. The van der Waals surface area contributed by atoms with E-state index < -0.39 is 21.9 Å². The smallest absolute Gasteiger partial charge is 0.243 e. The molecular formula is C10H13FN2O3S. The van der Waals surface area contributed by atoms with Gasteiger partial charge in [0, 0.05) is 24.3 Å². The second-order valence-corrected chi connectivity index (χ2v) is 6.03. The normalized spacial score (nSPS) is 18.1. The van der Waals surface area contributed by atoms with Gasteiger partial charge in [-0.15, -0.1) is 0 Å². The summed E-state index contributed by atoms with van der Waals surface area (Å²) >= 11 is 0. The zero-order chi connectivity index (χ0) is 12.8. The van der Waals surface area contributed by atoms with Crippen molar-refractivity contribution in [1.29, 1.82) is 0 Å². The molecule has 94 valence electrons. The molecule has 1 aliphatic rings. The summed E-state index contributed by atoms with van der Waals surface area (Å²) in [5, 5.41) is 9.08. The van der Waals surface area contributed by atoms with Gasteiger partial charge in [0.1, 0.15) is 5.82 Å². The second kappa shape index (κ2) is 3.94. The van der Waals surface area contributed by atoms with Crippen LogP contribution in [0.15, 0.2) is 17.0 Å². The zero-order valence-corrected chi connectivity index (χ0v) is 10.0. The van der Waals surface area contributed by atoms with Gasteiger partial charge >= 0.3 is 0 Å². The number of sulfonamides is 1. The van der Waals surface area contributed by atoms with Gasteiger partial charge in [0.15, 0.2) is 0 Å². The molecular weight excluding hydrogens is 247 g/mol. The Kier molecular flexibility index (Phi) is 2.84. The summed E-state index contributed by atoms with van der Waals surface area (Å²) < 4.78 is 38.4. The van der Waals surface area contributed by atoms with Crippen LogP contribution in [-0.4, -0.2) is 37.0 Å². The molecule has 1 fully saturated rings. The van der Waals surface area contributed by atoms with E-state index in [1.54, 1.807) is 0 Å². The first kappa shape index (κ1) is 12.3. The monoisotopic (exact) mass is 260 g/mol. The number of anilines is 1. The minimum Gasteiger partial charge on any atom is -0.398 e. The summed E-state index contributed by atoms with van der Waals surface area (Å²) in [5.74, 6) is -0.648. The molecule has 0 spiro atoms. The first-order valence-corrected chi connectivity index (χ1v) is 6.50. The molecule has 5 nitrogen and oxygen atoms in total. The lowest BCUT2D eigenvalue weighted by Gasteiger charge is -2.34. The van der Waals surface area contributed by atoms with Crippen LogP contribution in [0.5, 0.6) is 0 Å². The molecule has 1 aromatic rings. The summed E-state index contributed by atoms with van der Waals surface area (Å²) in [6.07, 6.45) is -0.641. The number of aliphatic hydroxyl groups excluding tert-OH is 1. The number of nitrogen functional groups attached to an aromatic ring is 1. The van der Waals surface area contributed by atoms with E-state index in [0.717, 1.165) is 10.4 Å². The van der Waals surface area contributed by atoms with Crippen LogP contribution in [0.2, 0.25) is 0 Å². The average Bonchev–Trinajstić information content (AvgIpc) is 2.20. The molecule has 0 aromatic heterocycles. The molecule has 3 N–H and O–H groups in total. The van der Waals surface area contributed by atoms with Gasteiger partial charge in [-0.05, 0) is 19.1 Å². The minimum absolute atomic E-state index is 0.0394. The third-order valence-electron chi connectivity index (χ3n) is 2.82. The zero-order valence-electron chi connectivity index (χ0n) is 9.22. The number of rotatable bonds is 2. The highest BCUT2D eigenvalue weighted by molar-refractivity contribution is 7.89. The van der Waals surface area contributed by atoms with Gasteiger partial charge in [-0.25, -0.2) is 12.8 Å². The van der Waals surface area contributed by atoms with E-state index >= 15 is 0 Å². The Morgan fingerprint density at radius 3 is 2.53 bits per heavy atom. The minimum atomic E-state index is -3.74. The lowest BCUT2D eigenvalue weighted by molar-refractivity contribution is 0.0548. The van der Waals surface area contributed by atoms with Crippen LogP contribution < -0.4 is 5.73 Å². The van der Waals surface area contributed by atoms with Gasteiger partial charge in [0.05, 0.1) is 11.0 Å². The molecule has 0 saturated carbocycles. The van der Waals surface area contributed by atoms with Crippen molar-refractivity contribution in [2.75, 3.05) is 18.8 Å². The molecule has 1 heterocycles. The highest BCUT2D eigenvalue weighted by Gasteiger charge is 2.36. The molecule has 0 aliphatic carbocycles. The molecule has 0 bridgehead atoms. The summed E-state index contributed by atoms with van der Waals surface area (Å²) in [4.78, 5) is -0.176. The second-order valence-electron chi connectivity index (χ2n) is 4.10. The molecule has 0 amide bonds. The number of hydrogen-bond acceptors (Lipinski definition) is 4. The van der Waals surface area contributed by atoms with E-state index in [1.165, 1.54) is 13.0 Å². The molecule has 0 unspecified atom stereocenters. The Morgan fingerprint density at radius 1 is 1.47 bits per heavy atom. The Bertz CT molecular complexity index is 530. The van der Waals surface area contributed by atoms with E-state index in [2.05, 4.69) is 0 Å². The van der Waals surface area contributed by atoms with Crippen LogP contribution in [0.1, 0.15) is 5.56 Å². The lowest BCUT2D eigenvalue weighted by Crippen LogP contribution is -2.53. The molecule has 0 atom stereocenters. The molecule has 2 rings (SSSR count). The number of halogens is 1. The Hall–Kier alpha value is -1.18. The van der Waals surface area contributed by atoms with Gasteiger partial charge in [-0.1, -0.05) is 0 Å². The fourth-order valence-corrected chi connectivity index (χ4v) is 3.15. The van der Waals surface area contributed by atoms with E-state index in [9.17, 15) is 12.8 Å². The van der Waals surface area contributed by atoms with Crippen molar-refractivity contribution in [1.82, 2.24) is 4.31 Å². The Labute approximate surface area is 98.7 Å². The third kappa shape index (κ3) is 2.01. The van der Waals surface area contributed by atoms with Gasteiger partial charge in [0.2, 0.25) is 10.0 Å². The van der Waals surface area contributed by atoms with Gasteiger partial charge in [0.25, 0.3) is 0 Å². The average molecular weight is 260 g/mol. The van der Waals surface area contributed by atoms with E-state index in [-0.39, 0.29) is 29.2 Å². The molecule has 1 aliphatic heterocycles. The predicted octanol–water partition coefficient (Wildman–Crippen LogP) is 0.0815. The molecule has 7 heteroatoms. The van der Waals surface area contributed by atoms with Crippen molar-refractivity contribution in [2.24, 2.45) is 0 Å². The van der Waals surface area contributed by atoms with Gasteiger partial charge in [-0.2, -0.15) is 4.31 Å². The predicted molar refractivity (Wildman–Crippen MR) is 60.3 cm³/mol. The Balaban J connectivity index is 2.41. The molecule has 17 heavy (non-hydrogen) atoms. The van der Waals surface area contributed by atoms with Crippen molar-refractivity contribution in [2.45, 2.75) is 17.9 Å². The maximum Gasteiger partial charge on any atom is 0.243 e. The maximum absolute atomic E-state index is 13.4. The van der Waals surface area contributed by atoms with Crippen molar-refractivity contribution in [3.8, 4) is 0 Å². The quantitative estimate of drug-likeness (QED) is 0.738. The SMILES string of the molecule is Cc1c(N)cc(S(=O)(=O)N2CC(O)C2)cc1F. The van der Waals surface area contributed by atoms with Crippen LogP contribution in [0.4, 0.5) is 10.1 Å². The van der Waals surface area contributed by atoms with E-state index in [0.29, 0.717) is 0 Å². The highest BCUT2D eigenvalue weighted by Crippen LogP contribution is 2.26. The largest absolute Gasteiger partial charge is 0.398 e. The number of nitrogens with zero attached hydrogens (tertiary/aromatic N) is 1. The summed E-state index contributed by atoms with van der Waals surface area (Å²) in [7, 11) is -3.74. The molecule has 0 radical (unpaired) electrons. The molecule has 1 saturated heterocycles. The fourth-order valence-electron chi connectivity index (χ4n) is 1.59. The molecule has 1 aromatic carbocycles. The number of nitrogens with two attached hydrogens (primary N) is 1.